The monoisotopic (exact) mass is 608 g/mol. The first-order chi connectivity index (χ1) is 19.0. The van der Waals surface area contributed by atoms with Gasteiger partial charge in [-0.1, -0.05) is 35.3 Å². The molecule has 1 unspecified atom stereocenters. The average molecular weight is 609 g/mol. The number of amides is 2. The van der Waals surface area contributed by atoms with E-state index >= 15 is 0 Å². The van der Waals surface area contributed by atoms with Crippen molar-refractivity contribution in [1.82, 2.24) is 10.2 Å². The van der Waals surface area contributed by atoms with Crippen molar-refractivity contribution in [2.24, 2.45) is 0 Å². The minimum atomic E-state index is -4.53. The summed E-state index contributed by atoms with van der Waals surface area (Å²) in [6.07, 6.45) is -4.24. The Labute approximate surface area is 241 Å². The standard InChI is InChI=1S/C27H33Cl2F3N2O6/c1-2-39-24(25(35)36)15-19-5-7-23(8-6-19)40-12-10-34(26(37)33-18-27(30,31)32)9-3-4-11-38-17-20-13-21(28)16-22(29)14-20/h5-8,13-14,16,24H,2-4,9-12,15,17-18H2,1H3,(H,33,37)(H,35,36). The first-order valence-electron chi connectivity index (χ1n) is 12.6. The van der Waals surface area contributed by atoms with Crippen LogP contribution in [0.2, 0.25) is 10.0 Å². The van der Waals surface area contributed by atoms with Crippen molar-refractivity contribution in [2.45, 2.75) is 45.1 Å². The van der Waals surface area contributed by atoms with Crippen LogP contribution in [0.1, 0.15) is 30.9 Å². The number of carboxylic acid groups (broad SMARTS) is 1. The zero-order valence-electron chi connectivity index (χ0n) is 22.0. The average Bonchev–Trinajstić information content (AvgIpc) is 2.87. The predicted molar refractivity (Wildman–Crippen MR) is 145 cm³/mol. The minimum Gasteiger partial charge on any atom is -0.492 e. The molecule has 0 aliphatic rings. The van der Waals surface area contributed by atoms with Gasteiger partial charge in [0.05, 0.1) is 13.2 Å². The molecular formula is C27H33Cl2F3N2O6. The largest absolute Gasteiger partial charge is 0.492 e. The van der Waals surface area contributed by atoms with E-state index in [1.165, 1.54) is 4.90 Å². The molecule has 222 valence electrons. The molecule has 40 heavy (non-hydrogen) atoms. The highest BCUT2D eigenvalue weighted by molar-refractivity contribution is 6.34. The van der Waals surface area contributed by atoms with E-state index in [1.807, 2.05) is 5.32 Å². The van der Waals surface area contributed by atoms with Crippen molar-refractivity contribution in [3.05, 3.63) is 63.6 Å². The maximum absolute atomic E-state index is 12.6. The van der Waals surface area contributed by atoms with Crippen LogP contribution in [0.4, 0.5) is 18.0 Å². The molecule has 0 fully saturated rings. The van der Waals surface area contributed by atoms with Crippen molar-refractivity contribution >= 4 is 35.2 Å². The summed E-state index contributed by atoms with van der Waals surface area (Å²) in [4.78, 5) is 24.9. The summed E-state index contributed by atoms with van der Waals surface area (Å²) in [5.74, 6) is -0.583. The van der Waals surface area contributed by atoms with E-state index < -0.39 is 30.8 Å². The van der Waals surface area contributed by atoms with Crippen LogP contribution in [0.5, 0.6) is 5.75 Å². The van der Waals surface area contributed by atoms with Crippen molar-refractivity contribution in [2.75, 3.05) is 39.5 Å². The van der Waals surface area contributed by atoms with Crippen LogP contribution < -0.4 is 10.1 Å². The van der Waals surface area contributed by atoms with Gasteiger partial charge in [0, 0.05) is 36.2 Å². The first kappa shape index (κ1) is 33.5. The van der Waals surface area contributed by atoms with E-state index in [4.69, 9.17) is 37.4 Å². The number of aliphatic carboxylic acids is 1. The molecule has 2 rings (SSSR count). The molecular weight excluding hydrogens is 576 g/mol. The second-order valence-electron chi connectivity index (χ2n) is 8.78. The third-order valence-electron chi connectivity index (χ3n) is 5.50. The summed E-state index contributed by atoms with van der Waals surface area (Å²) < 4.78 is 54.3. The van der Waals surface area contributed by atoms with E-state index in [9.17, 15) is 27.9 Å². The molecule has 2 aromatic rings. The van der Waals surface area contributed by atoms with Crippen molar-refractivity contribution in [1.29, 1.82) is 0 Å². The minimum absolute atomic E-state index is 0.0432. The van der Waals surface area contributed by atoms with Crippen LogP contribution in [0.3, 0.4) is 0 Å². The molecule has 0 saturated carbocycles. The highest BCUT2D eigenvalue weighted by atomic mass is 35.5. The zero-order chi connectivity index (χ0) is 29.5. The zero-order valence-corrected chi connectivity index (χ0v) is 23.5. The fraction of sp³-hybridized carbons (Fsp3) is 0.481. The second kappa shape index (κ2) is 17.2. The van der Waals surface area contributed by atoms with Gasteiger partial charge in [-0.05, 0) is 61.2 Å². The highest BCUT2D eigenvalue weighted by Gasteiger charge is 2.28. The third-order valence-corrected chi connectivity index (χ3v) is 5.94. The van der Waals surface area contributed by atoms with Gasteiger partial charge in [0.15, 0.2) is 6.10 Å². The molecule has 0 radical (unpaired) electrons. The number of rotatable bonds is 17. The molecule has 2 amide bonds. The van der Waals surface area contributed by atoms with E-state index in [-0.39, 0.29) is 32.7 Å². The molecule has 2 aromatic carbocycles. The van der Waals surface area contributed by atoms with Gasteiger partial charge in [-0.25, -0.2) is 9.59 Å². The van der Waals surface area contributed by atoms with Crippen molar-refractivity contribution in [3.8, 4) is 5.75 Å². The Morgan fingerprint density at radius 1 is 1.00 bits per heavy atom. The number of halogens is 5. The van der Waals surface area contributed by atoms with Crippen molar-refractivity contribution in [3.63, 3.8) is 0 Å². The molecule has 0 spiro atoms. The summed E-state index contributed by atoms with van der Waals surface area (Å²) in [6, 6.07) is 11.0. The Bertz CT molecular complexity index is 1050. The molecule has 0 aliphatic carbocycles. The number of carbonyl (C=O) groups is 2. The Kier molecular flexibility index (Phi) is 14.4. The Balaban J connectivity index is 1.82. The van der Waals surface area contributed by atoms with Crippen LogP contribution >= 0.6 is 23.2 Å². The lowest BCUT2D eigenvalue weighted by Gasteiger charge is -2.23. The van der Waals surface area contributed by atoms with E-state index in [1.54, 1.807) is 49.4 Å². The summed E-state index contributed by atoms with van der Waals surface area (Å²) in [7, 11) is 0. The topological polar surface area (TPSA) is 97.3 Å². The van der Waals surface area contributed by atoms with Gasteiger partial charge in [-0.2, -0.15) is 13.2 Å². The lowest BCUT2D eigenvalue weighted by molar-refractivity contribution is -0.150. The summed E-state index contributed by atoms with van der Waals surface area (Å²) in [5, 5.41) is 12.1. The molecule has 0 bridgehead atoms. The number of carbonyl (C=O) groups excluding carboxylic acids is 1. The number of urea groups is 1. The summed E-state index contributed by atoms with van der Waals surface area (Å²) >= 11 is 11.9. The fourth-order valence-electron chi connectivity index (χ4n) is 3.62. The molecule has 1 atom stereocenters. The first-order valence-corrected chi connectivity index (χ1v) is 13.4. The van der Waals surface area contributed by atoms with Crippen LogP contribution in [0, 0.1) is 0 Å². The maximum Gasteiger partial charge on any atom is 0.405 e. The smallest absolute Gasteiger partial charge is 0.405 e. The quantitative estimate of drug-likeness (QED) is 0.215. The van der Waals surface area contributed by atoms with E-state index in [2.05, 4.69) is 0 Å². The Hall–Kier alpha value is -2.73. The van der Waals surface area contributed by atoms with Crippen LogP contribution in [0.25, 0.3) is 0 Å². The number of unbranched alkanes of at least 4 members (excludes halogenated alkanes) is 1. The number of alkyl halides is 3. The number of hydrogen-bond donors (Lipinski definition) is 2. The van der Waals surface area contributed by atoms with Gasteiger partial charge >= 0.3 is 18.2 Å². The normalized spacial score (nSPS) is 12.2. The maximum atomic E-state index is 12.6. The third kappa shape index (κ3) is 13.6. The molecule has 0 aliphatic heterocycles. The van der Waals surface area contributed by atoms with Gasteiger partial charge in [-0.15, -0.1) is 0 Å². The van der Waals surface area contributed by atoms with E-state index in [0.717, 1.165) is 11.1 Å². The SMILES string of the molecule is CCOC(Cc1ccc(OCCN(CCCCOCc2cc(Cl)cc(Cl)c2)C(=O)NCC(F)(F)F)cc1)C(=O)O. The number of ether oxygens (including phenoxy) is 3. The lowest BCUT2D eigenvalue weighted by atomic mass is 10.1. The number of nitrogens with one attached hydrogen (secondary N) is 1. The van der Waals surface area contributed by atoms with Crippen LogP contribution in [-0.2, 0) is 27.3 Å². The fourth-order valence-corrected chi connectivity index (χ4v) is 4.19. The van der Waals surface area contributed by atoms with Gasteiger partial charge in [0.1, 0.15) is 18.9 Å². The Morgan fingerprint density at radius 3 is 2.27 bits per heavy atom. The number of hydrogen-bond acceptors (Lipinski definition) is 5. The summed E-state index contributed by atoms with van der Waals surface area (Å²) in [6.45, 7) is 1.52. The van der Waals surface area contributed by atoms with Crippen LogP contribution in [0.15, 0.2) is 42.5 Å². The van der Waals surface area contributed by atoms with Crippen molar-refractivity contribution < 1.29 is 42.1 Å². The predicted octanol–water partition coefficient (Wildman–Crippen LogP) is 5.98. The molecule has 0 heterocycles. The Morgan fingerprint density at radius 2 is 1.68 bits per heavy atom. The van der Waals surface area contributed by atoms with E-state index in [0.29, 0.717) is 41.9 Å². The summed E-state index contributed by atoms with van der Waals surface area (Å²) in [5.41, 5.74) is 1.55. The number of benzene rings is 2. The van der Waals surface area contributed by atoms with Gasteiger partial charge in [0.25, 0.3) is 0 Å². The molecule has 13 heteroatoms. The van der Waals surface area contributed by atoms with Gasteiger partial charge in [-0.3, -0.25) is 0 Å². The molecule has 0 saturated heterocycles. The molecule has 8 nitrogen and oxygen atoms in total. The number of carboxylic acids is 1. The van der Waals surface area contributed by atoms with Gasteiger partial charge in [0.2, 0.25) is 0 Å². The molecule has 0 aromatic heterocycles. The lowest BCUT2D eigenvalue weighted by Crippen LogP contribution is -2.45. The second-order valence-corrected chi connectivity index (χ2v) is 9.65. The molecule has 2 N–H and O–H groups in total. The van der Waals surface area contributed by atoms with Crippen LogP contribution in [-0.4, -0.2) is 73.7 Å². The number of nitrogens with zero attached hydrogens (tertiary/aromatic N) is 1. The highest BCUT2D eigenvalue weighted by Crippen LogP contribution is 2.20. The van der Waals surface area contributed by atoms with Gasteiger partial charge < -0.3 is 29.5 Å².